The lowest BCUT2D eigenvalue weighted by Gasteiger charge is -2.10. The Morgan fingerprint density at radius 2 is 2.30 bits per heavy atom. The Hall–Kier alpha value is -1.62. The number of hydrogen-bond acceptors (Lipinski definition) is 3. The number of hydrogen-bond donors (Lipinski definition) is 2. The summed E-state index contributed by atoms with van der Waals surface area (Å²) >= 11 is 0. The molecule has 1 fully saturated rings. The smallest absolute Gasteiger partial charge is 0.253 e. The van der Waals surface area contributed by atoms with Crippen molar-refractivity contribution >= 4 is 5.91 Å². The number of H-pyrrole nitrogens is 1. The van der Waals surface area contributed by atoms with Gasteiger partial charge < -0.3 is 15.0 Å². The maximum atomic E-state index is 11.8. The summed E-state index contributed by atoms with van der Waals surface area (Å²) in [5.74, 6) is -0.0279. The van der Waals surface area contributed by atoms with Crippen LogP contribution in [0.5, 0.6) is 0 Å². The van der Waals surface area contributed by atoms with E-state index in [1.54, 1.807) is 0 Å². The van der Waals surface area contributed by atoms with E-state index in [1.165, 1.54) is 0 Å². The number of carbonyl (C=O) groups excluding carboxylic acids is 1. The molecular weight excluding hydrogens is 256 g/mol. The predicted octanol–water partition coefficient (Wildman–Crippen LogP) is 1.57. The molecule has 0 saturated carbocycles. The average molecular weight is 278 g/mol. The number of ether oxygens (including phenoxy) is 1. The van der Waals surface area contributed by atoms with Crippen molar-refractivity contribution < 1.29 is 9.53 Å². The molecule has 0 aromatic carbocycles. The van der Waals surface area contributed by atoms with Crippen LogP contribution in [0.3, 0.4) is 0 Å². The minimum Gasteiger partial charge on any atom is -0.378 e. The highest BCUT2D eigenvalue weighted by Gasteiger charge is 2.16. The van der Waals surface area contributed by atoms with Crippen LogP contribution < -0.4 is 10.9 Å². The lowest BCUT2D eigenvalue weighted by molar-refractivity contribution is -0.121. The molecule has 20 heavy (non-hydrogen) atoms. The first kappa shape index (κ1) is 14.8. The van der Waals surface area contributed by atoms with E-state index in [-0.39, 0.29) is 24.1 Å². The van der Waals surface area contributed by atoms with Gasteiger partial charge in [-0.15, -0.1) is 0 Å². The number of nitrogens with one attached hydrogen (secondary N) is 2. The maximum Gasteiger partial charge on any atom is 0.253 e. The summed E-state index contributed by atoms with van der Waals surface area (Å²) in [6.45, 7) is 4.82. The molecule has 1 atom stereocenters. The highest BCUT2D eigenvalue weighted by molar-refractivity contribution is 5.75. The molecule has 1 aliphatic rings. The summed E-state index contributed by atoms with van der Waals surface area (Å²) in [6.07, 6.45) is 3.57. The van der Waals surface area contributed by atoms with Crippen molar-refractivity contribution in [2.75, 3.05) is 6.61 Å². The van der Waals surface area contributed by atoms with Crippen LogP contribution in [-0.4, -0.2) is 23.6 Å². The van der Waals surface area contributed by atoms with Gasteiger partial charge >= 0.3 is 0 Å². The van der Waals surface area contributed by atoms with Gasteiger partial charge in [0.1, 0.15) is 0 Å². The molecule has 1 aliphatic heterocycles. The highest BCUT2D eigenvalue weighted by atomic mass is 16.5. The topological polar surface area (TPSA) is 71.2 Å². The molecule has 2 heterocycles. The van der Waals surface area contributed by atoms with Crippen molar-refractivity contribution in [3.63, 3.8) is 0 Å². The number of aryl methyl sites for hydroxylation is 2. The number of amides is 1. The molecule has 0 aliphatic carbocycles. The first-order chi connectivity index (χ1) is 9.56. The summed E-state index contributed by atoms with van der Waals surface area (Å²) in [6, 6.07) is 1.91. The summed E-state index contributed by atoms with van der Waals surface area (Å²) < 4.78 is 5.48. The van der Waals surface area contributed by atoms with E-state index in [1.807, 2.05) is 19.9 Å². The molecule has 5 heteroatoms. The Kier molecular flexibility index (Phi) is 4.95. The third-order valence-corrected chi connectivity index (χ3v) is 3.67. The first-order valence-corrected chi connectivity index (χ1v) is 7.14. The SMILES string of the molecule is Cc1cc(C)c(CNC(=O)CCC2CCCO2)c(=O)[nH]1. The Balaban J connectivity index is 1.82. The van der Waals surface area contributed by atoms with Gasteiger partial charge in [0, 0.05) is 30.8 Å². The van der Waals surface area contributed by atoms with Gasteiger partial charge in [-0.25, -0.2) is 0 Å². The molecule has 2 rings (SSSR count). The van der Waals surface area contributed by atoms with Gasteiger partial charge in [0.2, 0.25) is 5.91 Å². The van der Waals surface area contributed by atoms with Crippen LogP contribution in [0.15, 0.2) is 10.9 Å². The number of carbonyl (C=O) groups is 1. The van der Waals surface area contributed by atoms with Gasteiger partial charge in [-0.1, -0.05) is 0 Å². The van der Waals surface area contributed by atoms with Crippen molar-refractivity contribution in [1.82, 2.24) is 10.3 Å². The molecule has 5 nitrogen and oxygen atoms in total. The molecular formula is C15H22N2O3. The monoisotopic (exact) mass is 278 g/mol. The van der Waals surface area contributed by atoms with E-state index in [2.05, 4.69) is 10.3 Å². The van der Waals surface area contributed by atoms with Gasteiger partial charge in [-0.05, 0) is 44.7 Å². The molecule has 110 valence electrons. The molecule has 0 radical (unpaired) electrons. The van der Waals surface area contributed by atoms with E-state index in [0.29, 0.717) is 12.0 Å². The Morgan fingerprint density at radius 3 is 2.95 bits per heavy atom. The molecule has 0 bridgehead atoms. The average Bonchev–Trinajstić information content (AvgIpc) is 2.88. The number of aromatic amines is 1. The highest BCUT2D eigenvalue weighted by Crippen LogP contribution is 2.16. The van der Waals surface area contributed by atoms with Gasteiger partial charge in [0.15, 0.2) is 0 Å². The molecule has 0 spiro atoms. The van der Waals surface area contributed by atoms with E-state index >= 15 is 0 Å². The van der Waals surface area contributed by atoms with Gasteiger partial charge in [0.05, 0.1) is 6.10 Å². The van der Waals surface area contributed by atoms with Crippen molar-refractivity contribution in [2.24, 2.45) is 0 Å². The minimum atomic E-state index is -0.123. The van der Waals surface area contributed by atoms with E-state index < -0.39 is 0 Å². The first-order valence-electron chi connectivity index (χ1n) is 7.14. The second-order valence-corrected chi connectivity index (χ2v) is 5.39. The molecule has 1 amide bonds. The van der Waals surface area contributed by atoms with E-state index in [9.17, 15) is 9.59 Å². The van der Waals surface area contributed by atoms with Gasteiger partial charge in [-0.3, -0.25) is 9.59 Å². The van der Waals surface area contributed by atoms with Crippen LogP contribution in [0.25, 0.3) is 0 Å². The summed E-state index contributed by atoms with van der Waals surface area (Å²) in [5.41, 5.74) is 2.25. The largest absolute Gasteiger partial charge is 0.378 e. The molecule has 2 N–H and O–H groups in total. The maximum absolute atomic E-state index is 11.8. The zero-order valence-electron chi connectivity index (χ0n) is 12.1. The fourth-order valence-corrected chi connectivity index (χ4v) is 2.54. The van der Waals surface area contributed by atoms with Crippen LogP contribution in [0.1, 0.15) is 42.5 Å². The third kappa shape index (κ3) is 3.93. The quantitative estimate of drug-likeness (QED) is 0.858. The Morgan fingerprint density at radius 1 is 1.50 bits per heavy atom. The van der Waals surface area contributed by atoms with Crippen LogP contribution in [0, 0.1) is 13.8 Å². The summed E-state index contributed by atoms with van der Waals surface area (Å²) in [4.78, 5) is 26.4. The zero-order chi connectivity index (χ0) is 14.5. The van der Waals surface area contributed by atoms with Crippen LogP contribution >= 0.6 is 0 Å². The molecule has 1 aromatic heterocycles. The van der Waals surface area contributed by atoms with Crippen molar-refractivity contribution in [1.29, 1.82) is 0 Å². The fraction of sp³-hybridized carbons (Fsp3) is 0.600. The van der Waals surface area contributed by atoms with E-state index in [0.717, 1.165) is 37.1 Å². The zero-order valence-corrected chi connectivity index (χ0v) is 12.1. The van der Waals surface area contributed by atoms with Crippen LogP contribution in [-0.2, 0) is 16.1 Å². The lowest BCUT2D eigenvalue weighted by Crippen LogP contribution is -2.28. The number of rotatable bonds is 5. The normalized spacial score (nSPS) is 18.2. The number of aromatic nitrogens is 1. The molecule has 1 unspecified atom stereocenters. The van der Waals surface area contributed by atoms with Crippen molar-refractivity contribution in [3.8, 4) is 0 Å². The number of pyridine rings is 1. The molecule has 1 saturated heterocycles. The van der Waals surface area contributed by atoms with Crippen molar-refractivity contribution in [2.45, 2.75) is 52.2 Å². The third-order valence-electron chi connectivity index (χ3n) is 3.67. The molecule has 1 aromatic rings. The Bertz CT molecular complexity index is 530. The standard InChI is InChI=1S/C15H22N2O3/c1-10-8-11(2)17-15(19)13(10)9-16-14(18)6-5-12-4-3-7-20-12/h8,12H,3-7,9H2,1-2H3,(H,16,18)(H,17,19). The second-order valence-electron chi connectivity index (χ2n) is 5.39. The van der Waals surface area contributed by atoms with Gasteiger partial charge in [0.25, 0.3) is 5.56 Å². The van der Waals surface area contributed by atoms with Crippen molar-refractivity contribution in [3.05, 3.63) is 33.2 Å². The predicted molar refractivity (Wildman–Crippen MR) is 76.6 cm³/mol. The minimum absolute atomic E-state index is 0.0279. The second kappa shape index (κ2) is 6.70. The lowest BCUT2D eigenvalue weighted by atomic mass is 10.1. The van der Waals surface area contributed by atoms with Crippen LogP contribution in [0.2, 0.25) is 0 Å². The summed E-state index contributed by atoms with van der Waals surface area (Å²) in [7, 11) is 0. The van der Waals surface area contributed by atoms with Gasteiger partial charge in [-0.2, -0.15) is 0 Å². The summed E-state index contributed by atoms with van der Waals surface area (Å²) in [5, 5.41) is 2.81. The van der Waals surface area contributed by atoms with E-state index in [4.69, 9.17) is 4.74 Å². The fourth-order valence-electron chi connectivity index (χ4n) is 2.54. The Labute approximate surface area is 118 Å². The van der Waals surface area contributed by atoms with Crippen LogP contribution in [0.4, 0.5) is 0 Å².